The first-order valence-corrected chi connectivity index (χ1v) is 5.04. The molecule has 0 fully saturated rings. The van der Waals surface area contributed by atoms with Crippen molar-refractivity contribution < 1.29 is 23.1 Å². The van der Waals surface area contributed by atoms with Crippen molar-refractivity contribution in [3.05, 3.63) is 29.0 Å². The van der Waals surface area contributed by atoms with Crippen LogP contribution < -0.4 is 0 Å². The summed E-state index contributed by atoms with van der Waals surface area (Å²) < 4.78 is 36.2. The van der Waals surface area contributed by atoms with Gasteiger partial charge in [-0.2, -0.15) is 13.2 Å². The van der Waals surface area contributed by atoms with Gasteiger partial charge in [0.2, 0.25) is 5.78 Å². The van der Waals surface area contributed by atoms with Crippen LogP contribution >= 0.6 is 11.6 Å². The summed E-state index contributed by atoms with van der Waals surface area (Å²) in [6.45, 7) is -0.587. The Labute approximate surface area is 100 Å². The minimum Gasteiger partial charge on any atom is -0.396 e. The fourth-order valence-electron chi connectivity index (χ4n) is 1.23. The van der Waals surface area contributed by atoms with Crippen molar-refractivity contribution in [2.75, 3.05) is 6.61 Å². The van der Waals surface area contributed by atoms with Crippen molar-refractivity contribution in [2.45, 2.75) is 18.5 Å². The normalized spacial score (nSPS) is 13.5. The van der Waals surface area contributed by atoms with Crippen LogP contribution in [0.4, 0.5) is 13.2 Å². The van der Waals surface area contributed by atoms with Crippen molar-refractivity contribution in [2.24, 2.45) is 0 Å². The van der Waals surface area contributed by atoms with Crippen LogP contribution in [0.25, 0.3) is 0 Å². The van der Waals surface area contributed by atoms with E-state index in [1.165, 1.54) is 18.3 Å². The highest BCUT2D eigenvalue weighted by Gasteiger charge is 2.39. The van der Waals surface area contributed by atoms with E-state index < -0.39 is 30.9 Å². The van der Waals surface area contributed by atoms with E-state index in [1.807, 2.05) is 0 Å². The number of carbonyl (C=O) groups is 1. The van der Waals surface area contributed by atoms with Gasteiger partial charge < -0.3 is 5.11 Å². The van der Waals surface area contributed by atoms with Crippen molar-refractivity contribution >= 4 is 17.4 Å². The second kappa shape index (κ2) is 5.46. The van der Waals surface area contributed by atoms with E-state index >= 15 is 0 Å². The van der Waals surface area contributed by atoms with Crippen molar-refractivity contribution in [3.63, 3.8) is 0 Å². The number of rotatable bonds is 4. The molecule has 1 rings (SSSR count). The van der Waals surface area contributed by atoms with Gasteiger partial charge in [-0.15, -0.1) is 0 Å². The molecule has 0 saturated heterocycles. The standard InChI is InChI=1S/C10H9ClF3NO2/c11-7-1-2-8(15-4-7)6(5-16)3-9(17)10(12,13)14/h1-2,4,6,16H,3,5H2/t6-/m0/s1. The summed E-state index contributed by atoms with van der Waals surface area (Å²) in [4.78, 5) is 14.6. The van der Waals surface area contributed by atoms with Crippen LogP contribution in [0.3, 0.4) is 0 Å². The minimum atomic E-state index is -4.89. The van der Waals surface area contributed by atoms with E-state index in [4.69, 9.17) is 16.7 Å². The molecule has 0 bridgehead atoms. The molecule has 1 aromatic heterocycles. The summed E-state index contributed by atoms with van der Waals surface area (Å²) in [5, 5.41) is 9.30. The van der Waals surface area contributed by atoms with Gasteiger partial charge in [0.05, 0.1) is 11.6 Å². The van der Waals surface area contributed by atoms with Crippen LogP contribution in [-0.4, -0.2) is 28.7 Å². The van der Waals surface area contributed by atoms with E-state index in [9.17, 15) is 18.0 Å². The number of pyridine rings is 1. The van der Waals surface area contributed by atoms with Crippen molar-refractivity contribution in [3.8, 4) is 0 Å². The molecule has 0 aromatic carbocycles. The summed E-state index contributed by atoms with van der Waals surface area (Å²) in [6, 6.07) is 2.82. The Bertz CT molecular complexity index is 392. The van der Waals surface area contributed by atoms with Gasteiger partial charge in [-0.25, -0.2) is 0 Å². The number of aliphatic hydroxyl groups excluding tert-OH is 1. The quantitative estimate of drug-likeness (QED) is 0.911. The second-order valence-corrected chi connectivity index (χ2v) is 3.84. The molecule has 0 aliphatic carbocycles. The summed E-state index contributed by atoms with van der Waals surface area (Å²) in [5.41, 5.74) is 0.203. The first-order valence-electron chi connectivity index (χ1n) is 4.67. The van der Waals surface area contributed by atoms with Gasteiger partial charge in [-0.1, -0.05) is 11.6 Å². The number of nitrogens with zero attached hydrogens (tertiary/aromatic N) is 1. The van der Waals surface area contributed by atoms with Crippen LogP contribution in [0, 0.1) is 0 Å². The lowest BCUT2D eigenvalue weighted by molar-refractivity contribution is -0.171. The molecular weight excluding hydrogens is 259 g/mol. The maximum Gasteiger partial charge on any atom is 0.449 e. The predicted molar refractivity (Wildman–Crippen MR) is 54.8 cm³/mol. The zero-order chi connectivity index (χ0) is 13.1. The zero-order valence-corrected chi connectivity index (χ0v) is 9.29. The molecule has 0 saturated carbocycles. The Kier molecular flexibility index (Phi) is 4.47. The molecular formula is C10H9ClF3NO2. The molecule has 0 unspecified atom stereocenters. The Hall–Kier alpha value is -1.14. The zero-order valence-electron chi connectivity index (χ0n) is 8.54. The number of hydrogen-bond acceptors (Lipinski definition) is 3. The van der Waals surface area contributed by atoms with Gasteiger partial charge in [0.25, 0.3) is 0 Å². The van der Waals surface area contributed by atoms with Crippen LogP contribution in [0.15, 0.2) is 18.3 Å². The van der Waals surface area contributed by atoms with E-state index in [0.717, 1.165) is 0 Å². The van der Waals surface area contributed by atoms with Crippen molar-refractivity contribution in [1.82, 2.24) is 4.98 Å². The summed E-state index contributed by atoms with van der Waals surface area (Å²) >= 11 is 5.57. The Morgan fingerprint density at radius 3 is 2.53 bits per heavy atom. The van der Waals surface area contributed by atoms with Gasteiger partial charge in [0, 0.05) is 24.2 Å². The lowest BCUT2D eigenvalue weighted by Crippen LogP contribution is -2.25. The molecule has 1 heterocycles. The van der Waals surface area contributed by atoms with E-state index in [-0.39, 0.29) is 5.69 Å². The topological polar surface area (TPSA) is 50.2 Å². The maximum atomic E-state index is 12.1. The minimum absolute atomic E-state index is 0.203. The maximum absolute atomic E-state index is 12.1. The second-order valence-electron chi connectivity index (χ2n) is 3.41. The predicted octanol–water partition coefficient (Wildman–Crippen LogP) is 2.33. The molecule has 1 aromatic rings. The van der Waals surface area contributed by atoms with Gasteiger partial charge >= 0.3 is 6.18 Å². The highest BCUT2D eigenvalue weighted by Crippen LogP contribution is 2.25. The largest absolute Gasteiger partial charge is 0.449 e. The molecule has 1 N–H and O–H groups in total. The Morgan fingerprint density at radius 2 is 2.12 bits per heavy atom. The van der Waals surface area contributed by atoms with Gasteiger partial charge in [0.15, 0.2) is 0 Å². The van der Waals surface area contributed by atoms with Crippen LogP contribution in [0.5, 0.6) is 0 Å². The molecule has 0 aliphatic rings. The smallest absolute Gasteiger partial charge is 0.396 e. The van der Waals surface area contributed by atoms with Crippen LogP contribution in [-0.2, 0) is 4.79 Å². The number of hydrogen-bond donors (Lipinski definition) is 1. The molecule has 0 spiro atoms. The van der Waals surface area contributed by atoms with E-state index in [1.54, 1.807) is 0 Å². The van der Waals surface area contributed by atoms with Gasteiger partial charge in [0.1, 0.15) is 0 Å². The number of halogens is 4. The fourth-order valence-corrected chi connectivity index (χ4v) is 1.34. The number of ketones is 1. The molecule has 0 radical (unpaired) electrons. The number of carbonyl (C=O) groups excluding carboxylic acids is 1. The molecule has 0 aliphatic heterocycles. The third kappa shape index (κ3) is 3.98. The third-order valence-corrected chi connectivity index (χ3v) is 2.36. The lowest BCUT2D eigenvalue weighted by atomic mass is 9.99. The Morgan fingerprint density at radius 1 is 1.47 bits per heavy atom. The van der Waals surface area contributed by atoms with Gasteiger partial charge in [-0.05, 0) is 12.1 Å². The number of Topliss-reactive ketones (excluding diaryl/α,β-unsaturated/α-hetero) is 1. The summed E-state index contributed by atoms with van der Waals surface area (Å²) in [6.07, 6.45) is -4.47. The number of aromatic nitrogens is 1. The highest BCUT2D eigenvalue weighted by atomic mass is 35.5. The lowest BCUT2D eigenvalue weighted by Gasteiger charge is -2.13. The third-order valence-electron chi connectivity index (χ3n) is 2.14. The first-order chi connectivity index (χ1) is 7.84. The molecule has 94 valence electrons. The number of alkyl halides is 3. The summed E-state index contributed by atoms with van der Waals surface area (Å²) in [7, 11) is 0. The molecule has 17 heavy (non-hydrogen) atoms. The summed E-state index contributed by atoms with van der Waals surface area (Å²) in [5.74, 6) is -2.85. The molecule has 3 nitrogen and oxygen atoms in total. The first kappa shape index (κ1) is 13.9. The van der Waals surface area contributed by atoms with Gasteiger partial charge in [-0.3, -0.25) is 9.78 Å². The van der Waals surface area contributed by atoms with E-state index in [2.05, 4.69) is 4.98 Å². The average Bonchev–Trinajstić information content (AvgIpc) is 2.25. The van der Waals surface area contributed by atoms with Crippen LogP contribution in [0.2, 0.25) is 5.02 Å². The highest BCUT2D eigenvalue weighted by molar-refractivity contribution is 6.30. The molecule has 1 atom stereocenters. The Balaban J connectivity index is 2.79. The molecule has 7 heteroatoms. The monoisotopic (exact) mass is 267 g/mol. The van der Waals surface area contributed by atoms with E-state index in [0.29, 0.717) is 5.02 Å². The average molecular weight is 268 g/mol. The van der Waals surface area contributed by atoms with Crippen LogP contribution in [0.1, 0.15) is 18.0 Å². The fraction of sp³-hybridized carbons (Fsp3) is 0.400. The molecule has 0 amide bonds. The number of aliphatic hydroxyl groups is 1. The van der Waals surface area contributed by atoms with Crippen molar-refractivity contribution in [1.29, 1.82) is 0 Å². The SMILES string of the molecule is O=C(C[C@@H](CO)c1ccc(Cl)cn1)C(F)(F)F.